The molecular formula is C12H21NO. The molecule has 0 saturated carbocycles. The van der Waals surface area contributed by atoms with Crippen LogP contribution in [0.2, 0.25) is 0 Å². The Labute approximate surface area is 87.0 Å². The second kappa shape index (κ2) is 5.97. The van der Waals surface area contributed by atoms with Gasteiger partial charge in [0, 0.05) is 0 Å². The topological polar surface area (TPSA) is 20.3 Å². The number of piperidine rings is 1. The molecule has 2 nitrogen and oxygen atoms in total. The van der Waals surface area contributed by atoms with Crippen molar-refractivity contribution in [3.63, 3.8) is 0 Å². The lowest BCUT2D eigenvalue weighted by Crippen LogP contribution is -2.44. The molecule has 1 saturated heterocycles. The van der Waals surface area contributed by atoms with Gasteiger partial charge >= 0.3 is 0 Å². The number of likely N-dealkylation sites (tertiary alicyclic amines) is 1. The van der Waals surface area contributed by atoms with E-state index in [4.69, 9.17) is 0 Å². The lowest BCUT2D eigenvalue weighted by atomic mass is 9.99. The van der Waals surface area contributed by atoms with Crippen molar-refractivity contribution < 1.29 is 4.79 Å². The monoisotopic (exact) mass is 195 g/mol. The summed E-state index contributed by atoms with van der Waals surface area (Å²) in [7, 11) is 0. The van der Waals surface area contributed by atoms with Crippen LogP contribution in [-0.4, -0.2) is 29.8 Å². The molecule has 1 aliphatic rings. The molecule has 1 aliphatic heterocycles. The van der Waals surface area contributed by atoms with Gasteiger partial charge in [-0.15, -0.1) is 6.58 Å². The first-order chi connectivity index (χ1) is 6.75. The Hall–Kier alpha value is -0.630. The summed E-state index contributed by atoms with van der Waals surface area (Å²) in [6.45, 7) is 7.58. The normalized spacial score (nSPS) is 23.4. The van der Waals surface area contributed by atoms with Gasteiger partial charge in [0.05, 0.1) is 6.04 Å². The third-order valence-corrected chi connectivity index (χ3v) is 2.94. The molecule has 0 spiro atoms. The van der Waals surface area contributed by atoms with Crippen molar-refractivity contribution in [1.82, 2.24) is 4.90 Å². The summed E-state index contributed by atoms with van der Waals surface area (Å²) < 4.78 is 0. The van der Waals surface area contributed by atoms with Gasteiger partial charge in [0.15, 0.2) is 0 Å². The molecule has 0 aromatic heterocycles. The van der Waals surface area contributed by atoms with E-state index in [2.05, 4.69) is 11.5 Å². The molecule has 1 rings (SSSR count). The van der Waals surface area contributed by atoms with Gasteiger partial charge in [-0.3, -0.25) is 9.69 Å². The van der Waals surface area contributed by atoms with E-state index in [1.165, 1.54) is 12.8 Å². The molecule has 1 heterocycles. The third kappa shape index (κ3) is 3.26. The van der Waals surface area contributed by atoms with Crippen molar-refractivity contribution in [1.29, 1.82) is 0 Å². The van der Waals surface area contributed by atoms with Gasteiger partial charge in [-0.25, -0.2) is 0 Å². The van der Waals surface area contributed by atoms with Crippen LogP contribution in [0.3, 0.4) is 0 Å². The maximum Gasteiger partial charge on any atom is 0.146 e. The van der Waals surface area contributed by atoms with Crippen molar-refractivity contribution in [2.75, 3.05) is 13.1 Å². The van der Waals surface area contributed by atoms with E-state index in [0.717, 1.165) is 32.4 Å². The number of carbonyl (C=O) groups is 1. The van der Waals surface area contributed by atoms with Gasteiger partial charge < -0.3 is 0 Å². The predicted molar refractivity (Wildman–Crippen MR) is 59.3 cm³/mol. The number of ketones is 1. The highest BCUT2D eigenvalue weighted by Gasteiger charge is 2.24. The Morgan fingerprint density at radius 3 is 3.00 bits per heavy atom. The zero-order chi connectivity index (χ0) is 10.4. The number of allylic oxidation sites excluding steroid dienone is 1. The predicted octanol–water partition coefficient (Wildman–Crippen LogP) is 2.40. The van der Waals surface area contributed by atoms with Crippen LogP contribution >= 0.6 is 0 Å². The van der Waals surface area contributed by atoms with Gasteiger partial charge in [0.2, 0.25) is 0 Å². The average molecular weight is 195 g/mol. The summed E-state index contributed by atoms with van der Waals surface area (Å²) in [6.07, 6.45) is 7.66. The van der Waals surface area contributed by atoms with E-state index < -0.39 is 0 Å². The average Bonchev–Trinajstić information content (AvgIpc) is 2.19. The Balaban J connectivity index is 2.37. The highest BCUT2D eigenvalue weighted by Crippen LogP contribution is 2.18. The Morgan fingerprint density at radius 1 is 1.57 bits per heavy atom. The summed E-state index contributed by atoms with van der Waals surface area (Å²) in [6, 6.07) is 0.202. The van der Waals surface area contributed by atoms with Crippen molar-refractivity contribution in [2.24, 2.45) is 0 Å². The molecule has 0 radical (unpaired) electrons. The minimum absolute atomic E-state index is 0.202. The molecule has 0 aromatic rings. The largest absolute Gasteiger partial charge is 0.298 e. The molecule has 1 atom stereocenters. The number of hydrogen-bond donors (Lipinski definition) is 0. The summed E-state index contributed by atoms with van der Waals surface area (Å²) in [5.74, 6) is 0.336. The van der Waals surface area contributed by atoms with Gasteiger partial charge in [-0.05, 0) is 45.7 Å². The smallest absolute Gasteiger partial charge is 0.146 e. The fourth-order valence-electron chi connectivity index (χ4n) is 2.16. The van der Waals surface area contributed by atoms with Crippen LogP contribution in [0.25, 0.3) is 0 Å². The molecular weight excluding hydrogens is 174 g/mol. The molecule has 80 valence electrons. The van der Waals surface area contributed by atoms with E-state index in [-0.39, 0.29) is 6.04 Å². The lowest BCUT2D eigenvalue weighted by Gasteiger charge is -2.33. The standard InChI is InChI=1S/C12H21NO/c1-3-4-6-9-13-10-7-5-8-12(13)11(2)14/h3,12H,1,4-10H2,2H3. The first-order valence-corrected chi connectivity index (χ1v) is 5.61. The van der Waals surface area contributed by atoms with Crippen LogP contribution in [-0.2, 0) is 4.79 Å². The first-order valence-electron chi connectivity index (χ1n) is 5.61. The number of Topliss-reactive ketones (excluding diaryl/α,β-unsaturated/α-hetero) is 1. The van der Waals surface area contributed by atoms with Crippen LogP contribution < -0.4 is 0 Å². The number of unbranched alkanes of at least 4 members (excludes halogenated alkanes) is 1. The Bertz CT molecular complexity index is 200. The van der Waals surface area contributed by atoms with Crippen LogP contribution in [0, 0.1) is 0 Å². The molecule has 0 amide bonds. The maximum absolute atomic E-state index is 11.4. The third-order valence-electron chi connectivity index (χ3n) is 2.94. The van der Waals surface area contributed by atoms with Crippen LogP contribution in [0.4, 0.5) is 0 Å². The molecule has 1 fully saturated rings. The summed E-state index contributed by atoms with van der Waals surface area (Å²) in [5, 5.41) is 0. The van der Waals surface area contributed by atoms with Gasteiger partial charge in [-0.1, -0.05) is 12.5 Å². The summed E-state index contributed by atoms with van der Waals surface area (Å²) in [5.41, 5.74) is 0. The fourth-order valence-corrected chi connectivity index (χ4v) is 2.16. The quantitative estimate of drug-likeness (QED) is 0.496. The van der Waals surface area contributed by atoms with E-state index in [9.17, 15) is 4.79 Å². The van der Waals surface area contributed by atoms with Crippen molar-refractivity contribution >= 4 is 5.78 Å². The van der Waals surface area contributed by atoms with E-state index in [1.807, 2.05) is 6.08 Å². The molecule has 0 bridgehead atoms. The van der Waals surface area contributed by atoms with Crippen LogP contribution in [0.1, 0.15) is 39.0 Å². The summed E-state index contributed by atoms with van der Waals surface area (Å²) in [4.78, 5) is 13.7. The molecule has 0 N–H and O–H groups in total. The van der Waals surface area contributed by atoms with E-state index in [1.54, 1.807) is 6.92 Å². The lowest BCUT2D eigenvalue weighted by molar-refractivity contribution is -0.123. The van der Waals surface area contributed by atoms with Crippen LogP contribution in [0.5, 0.6) is 0 Å². The fraction of sp³-hybridized carbons (Fsp3) is 0.750. The van der Waals surface area contributed by atoms with Gasteiger partial charge in [0.1, 0.15) is 5.78 Å². The number of nitrogens with zero attached hydrogens (tertiary/aromatic N) is 1. The van der Waals surface area contributed by atoms with Crippen molar-refractivity contribution in [3.05, 3.63) is 12.7 Å². The van der Waals surface area contributed by atoms with Crippen molar-refractivity contribution in [3.8, 4) is 0 Å². The Kier molecular flexibility index (Phi) is 4.88. The SMILES string of the molecule is C=CCCCN1CCCCC1C(C)=O. The number of hydrogen-bond acceptors (Lipinski definition) is 2. The molecule has 0 aliphatic carbocycles. The summed E-state index contributed by atoms with van der Waals surface area (Å²) >= 11 is 0. The van der Waals surface area contributed by atoms with E-state index >= 15 is 0 Å². The number of rotatable bonds is 5. The molecule has 1 unspecified atom stereocenters. The molecule has 2 heteroatoms. The second-order valence-corrected chi connectivity index (χ2v) is 4.09. The van der Waals surface area contributed by atoms with E-state index in [0.29, 0.717) is 5.78 Å². The second-order valence-electron chi connectivity index (χ2n) is 4.09. The molecule has 14 heavy (non-hydrogen) atoms. The minimum Gasteiger partial charge on any atom is -0.298 e. The minimum atomic E-state index is 0.202. The maximum atomic E-state index is 11.4. The first kappa shape index (κ1) is 11.4. The zero-order valence-electron chi connectivity index (χ0n) is 9.17. The van der Waals surface area contributed by atoms with Crippen molar-refractivity contribution in [2.45, 2.75) is 45.1 Å². The number of carbonyl (C=O) groups excluding carboxylic acids is 1. The molecule has 0 aromatic carbocycles. The Morgan fingerprint density at radius 2 is 2.36 bits per heavy atom. The van der Waals surface area contributed by atoms with Crippen LogP contribution in [0.15, 0.2) is 12.7 Å². The highest BCUT2D eigenvalue weighted by atomic mass is 16.1. The zero-order valence-corrected chi connectivity index (χ0v) is 9.17. The van der Waals surface area contributed by atoms with Gasteiger partial charge in [0.25, 0.3) is 0 Å². The van der Waals surface area contributed by atoms with Gasteiger partial charge in [-0.2, -0.15) is 0 Å². The highest BCUT2D eigenvalue weighted by molar-refractivity contribution is 5.81.